The van der Waals surface area contributed by atoms with Gasteiger partial charge in [-0.05, 0) is 30.3 Å². The van der Waals surface area contributed by atoms with Crippen LogP contribution >= 0.6 is 23.4 Å². The summed E-state index contributed by atoms with van der Waals surface area (Å²) in [6, 6.07) is 13.5. The number of nitrogens with two attached hydrogens (primary N) is 1. The Hall–Kier alpha value is -2.25. The highest BCUT2D eigenvalue weighted by molar-refractivity contribution is 7.99. The third kappa shape index (κ3) is 3.80. The molecule has 5 nitrogen and oxygen atoms in total. The first-order valence-electron chi connectivity index (χ1n) is 7.11. The Kier molecular flexibility index (Phi) is 5.22. The van der Waals surface area contributed by atoms with Crippen molar-refractivity contribution in [3.8, 4) is 17.1 Å². The van der Waals surface area contributed by atoms with Crippen LogP contribution in [0.2, 0.25) is 5.02 Å². The van der Waals surface area contributed by atoms with Gasteiger partial charge in [-0.25, -0.2) is 9.07 Å². The molecule has 0 radical (unpaired) electrons. The van der Waals surface area contributed by atoms with Crippen molar-refractivity contribution in [2.45, 2.75) is 5.16 Å². The van der Waals surface area contributed by atoms with Crippen LogP contribution in [0.1, 0.15) is 0 Å². The molecule has 0 saturated carbocycles. The third-order valence-electron chi connectivity index (χ3n) is 3.16. The molecule has 0 aliphatic rings. The number of nitrogen functional groups attached to an aromatic ring is 1. The molecule has 0 aliphatic carbocycles. The maximum Gasteiger partial charge on any atom is 0.210 e. The Morgan fingerprint density at radius 3 is 2.79 bits per heavy atom. The second-order valence-corrected chi connectivity index (χ2v) is 6.31. The monoisotopic (exact) mass is 364 g/mol. The van der Waals surface area contributed by atoms with Crippen molar-refractivity contribution < 1.29 is 9.13 Å². The van der Waals surface area contributed by atoms with Crippen LogP contribution < -0.4 is 10.6 Å². The molecule has 0 spiro atoms. The smallest absolute Gasteiger partial charge is 0.210 e. The van der Waals surface area contributed by atoms with Crippen LogP contribution in [0.4, 0.5) is 4.39 Å². The molecule has 0 aliphatic heterocycles. The average molecular weight is 365 g/mol. The van der Waals surface area contributed by atoms with Crippen LogP contribution in [0.3, 0.4) is 0 Å². The Bertz CT molecular complexity index is 842. The maximum atomic E-state index is 13.8. The Labute approximate surface area is 147 Å². The van der Waals surface area contributed by atoms with E-state index in [4.69, 9.17) is 22.2 Å². The van der Waals surface area contributed by atoms with Gasteiger partial charge in [-0.2, -0.15) is 0 Å². The lowest BCUT2D eigenvalue weighted by atomic mass is 10.2. The SMILES string of the molecule is Nn1c(SCCOc2cccc(Cl)c2)nnc1-c1ccccc1F. The van der Waals surface area contributed by atoms with E-state index in [1.165, 1.54) is 22.5 Å². The summed E-state index contributed by atoms with van der Waals surface area (Å²) >= 11 is 7.27. The minimum Gasteiger partial charge on any atom is -0.493 e. The van der Waals surface area contributed by atoms with Gasteiger partial charge in [-0.3, -0.25) is 0 Å². The van der Waals surface area contributed by atoms with E-state index in [-0.39, 0.29) is 5.82 Å². The van der Waals surface area contributed by atoms with Gasteiger partial charge in [0.05, 0.1) is 12.2 Å². The molecule has 0 amide bonds. The topological polar surface area (TPSA) is 66.0 Å². The van der Waals surface area contributed by atoms with E-state index in [1.54, 1.807) is 30.3 Å². The van der Waals surface area contributed by atoms with E-state index in [2.05, 4.69) is 10.2 Å². The van der Waals surface area contributed by atoms with Gasteiger partial charge in [0, 0.05) is 10.8 Å². The van der Waals surface area contributed by atoms with Crippen molar-refractivity contribution >= 4 is 23.4 Å². The molecule has 2 N–H and O–H groups in total. The zero-order valence-electron chi connectivity index (χ0n) is 12.5. The van der Waals surface area contributed by atoms with Gasteiger partial charge in [-0.15, -0.1) is 10.2 Å². The molecular weight excluding hydrogens is 351 g/mol. The summed E-state index contributed by atoms with van der Waals surface area (Å²) in [6.07, 6.45) is 0. The molecule has 1 heterocycles. The molecule has 124 valence electrons. The minimum atomic E-state index is -0.391. The molecule has 3 aromatic rings. The molecule has 3 rings (SSSR count). The van der Waals surface area contributed by atoms with Crippen molar-refractivity contribution in [1.29, 1.82) is 0 Å². The van der Waals surface area contributed by atoms with Crippen LogP contribution in [-0.2, 0) is 0 Å². The van der Waals surface area contributed by atoms with Crippen molar-refractivity contribution in [2.24, 2.45) is 0 Å². The van der Waals surface area contributed by atoms with Gasteiger partial charge in [0.1, 0.15) is 11.6 Å². The normalized spacial score (nSPS) is 10.8. The summed E-state index contributed by atoms with van der Waals surface area (Å²) < 4.78 is 20.7. The number of nitrogens with zero attached hydrogens (tertiary/aromatic N) is 3. The lowest BCUT2D eigenvalue weighted by Gasteiger charge is -2.06. The zero-order chi connectivity index (χ0) is 16.9. The van der Waals surface area contributed by atoms with Crippen LogP contribution in [0.5, 0.6) is 5.75 Å². The quantitative estimate of drug-likeness (QED) is 0.411. The number of aromatic nitrogens is 3. The fraction of sp³-hybridized carbons (Fsp3) is 0.125. The summed E-state index contributed by atoms with van der Waals surface area (Å²) in [4.78, 5) is 0. The Morgan fingerprint density at radius 1 is 1.17 bits per heavy atom. The third-order valence-corrected chi connectivity index (χ3v) is 4.30. The van der Waals surface area contributed by atoms with Crippen molar-refractivity contribution in [3.63, 3.8) is 0 Å². The summed E-state index contributed by atoms with van der Waals surface area (Å²) in [5.74, 6) is 7.16. The molecule has 0 atom stereocenters. The number of hydrogen-bond donors (Lipinski definition) is 1. The molecule has 0 fully saturated rings. The molecule has 1 aromatic heterocycles. The molecule has 24 heavy (non-hydrogen) atoms. The number of ether oxygens (including phenoxy) is 1. The summed E-state index contributed by atoms with van der Waals surface area (Å²) in [5, 5.41) is 9.07. The van der Waals surface area contributed by atoms with Gasteiger partial charge >= 0.3 is 0 Å². The predicted octanol–water partition coefficient (Wildman–Crippen LogP) is 3.62. The number of rotatable bonds is 6. The van der Waals surface area contributed by atoms with E-state index < -0.39 is 5.82 Å². The highest BCUT2D eigenvalue weighted by Gasteiger charge is 2.15. The van der Waals surface area contributed by atoms with Gasteiger partial charge in [0.25, 0.3) is 0 Å². The van der Waals surface area contributed by atoms with E-state index >= 15 is 0 Å². The van der Waals surface area contributed by atoms with Gasteiger partial charge < -0.3 is 10.6 Å². The Balaban J connectivity index is 1.60. The molecular formula is C16H14ClFN4OS. The van der Waals surface area contributed by atoms with Gasteiger partial charge in [-0.1, -0.05) is 41.6 Å². The van der Waals surface area contributed by atoms with Crippen molar-refractivity contribution in [2.75, 3.05) is 18.2 Å². The molecule has 0 saturated heterocycles. The predicted molar refractivity (Wildman–Crippen MR) is 93.2 cm³/mol. The molecule has 8 heteroatoms. The fourth-order valence-electron chi connectivity index (χ4n) is 2.05. The number of thioether (sulfide) groups is 1. The second kappa shape index (κ2) is 7.55. The highest BCUT2D eigenvalue weighted by Crippen LogP contribution is 2.24. The van der Waals surface area contributed by atoms with Crippen molar-refractivity contribution in [3.05, 3.63) is 59.4 Å². The summed E-state index contributed by atoms with van der Waals surface area (Å²) in [5.41, 5.74) is 0.314. The van der Waals surface area contributed by atoms with Gasteiger partial charge in [0.2, 0.25) is 5.16 Å². The fourth-order valence-corrected chi connectivity index (χ4v) is 2.90. The maximum absolute atomic E-state index is 13.8. The highest BCUT2D eigenvalue weighted by atomic mass is 35.5. The van der Waals surface area contributed by atoms with E-state index in [9.17, 15) is 4.39 Å². The van der Waals surface area contributed by atoms with E-state index in [1.807, 2.05) is 12.1 Å². The molecule has 0 bridgehead atoms. The first-order chi connectivity index (χ1) is 11.6. The Morgan fingerprint density at radius 2 is 2.00 bits per heavy atom. The van der Waals surface area contributed by atoms with Crippen LogP contribution in [-0.4, -0.2) is 27.2 Å². The number of halogens is 2. The standard InChI is InChI=1S/C16H14ClFN4OS/c17-11-4-3-5-12(10-11)23-8-9-24-16-21-20-15(22(16)19)13-6-1-2-7-14(13)18/h1-7,10H,8-9,19H2. The lowest BCUT2D eigenvalue weighted by Crippen LogP contribution is -2.12. The molecule has 0 unspecified atom stereocenters. The largest absolute Gasteiger partial charge is 0.493 e. The van der Waals surface area contributed by atoms with Crippen molar-refractivity contribution in [1.82, 2.24) is 14.9 Å². The minimum absolute atomic E-state index is 0.284. The summed E-state index contributed by atoms with van der Waals surface area (Å²) in [7, 11) is 0. The lowest BCUT2D eigenvalue weighted by molar-refractivity contribution is 0.344. The first-order valence-corrected chi connectivity index (χ1v) is 8.48. The van der Waals surface area contributed by atoms with Gasteiger partial charge in [0.15, 0.2) is 5.82 Å². The summed E-state index contributed by atoms with van der Waals surface area (Å²) in [6.45, 7) is 0.451. The molecule has 2 aromatic carbocycles. The zero-order valence-corrected chi connectivity index (χ0v) is 14.1. The van der Waals surface area contributed by atoms with E-state index in [0.29, 0.717) is 33.9 Å². The second-order valence-electron chi connectivity index (χ2n) is 4.81. The number of benzene rings is 2. The number of hydrogen-bond acceptors (Lipinski definition) is 5. The van der Waals surface area contributed by atoms with Crippen LogP contribution in [0.25, 0.3) is 11.4 Å². The van der Waals surface area contributed by atoms with E-state index in [0.717, 1.165) is 0 Å². The first kappa shape index (κ1) is 16.6. The average Bonchev–Trinajstić information content (AvgIpc) is 2.93. The van der Waals surface area contributed by atoms with Crippen LogP contribution in [0.15, 0.2) is 53.7 Å². The van der Waals surface area contributed by atoms with Crippen LogP contribution in [0, 0.1) is 5.82 Å².